The van der Waals surface area contributed by atoms with Crippen LogP contribution in [-0.2, 0) is 6.42 Å². The summed E-state index contributed by atoms with van der Waals surface area (Å²) in [7, 11) is 2.17. The molecule has 0 unspecified atom stereocenters. The minimum Gasteiger partial charge on any atom is -0.490 e. The molecule has 1 aliphatic rings. The van der Waals surface area contributed by atoms with Gasteiger partial charge in [0.05, 0.1) is 5.69 Å². The van der Waals surface area contributed by atoms with Crippen molar-refractivity contribution in [3.05, 3.63) is 24.0 Å². The molecule has 0 saturated carbocycles. The molecule has 1 aromatic rings. The Morgan fingerprint density at radius 2 is 2.23 bits per heavy atom. The Kier molecular flexibility index (Phi) is 11.1. The molecular weight excluding hydrogens is 319 g/mol. The summed E-state index contributed by atoms with van der Waals surface area (Å²) in [5.41, 5.74) is 1.06. The Morgan fingerprint density at radius 1 is 1.41 bits per heavy atom. The van der Waals surface area contributed by atoms with Crippen LogP contribution < -0.4 is 4.74 Å². The van der Waals surface area contributed by atoms with Gasteiger partial charge in [-0.1, -0.05) is 0 Å². The number of halogens is 2. The van der Waals surface area contributed by atoms with E-state index in [0.717, 1.165) is 43.7 Å². The van der Waals surface area contributed by atoms with Gasteiger partial charge in [-0.05, 0) is 57.8 Å². The van der Waals surface area contributed by atoms with E-state index in [1.165, 1.54) is 19.4 Å². The number of ether oxygens (including phenoxy) is 1. The van der Waals surface area contributed by atoms with E-state index in [9.17, 15) is 0 Å². The maximum atomic E-state index is 6.00. The second-order valence-corrected chi connectivity index (χ2v) is 5.45. The molecule has 2 rings (SSSR count). The lowest BCUT2D eigenvalue weighted by Crippen LogP contribution is -2.30. The van der Waals surface area contributed by atoms with Crippen LogP contribution >= 0.6 is 24.8 Å². The van der Waals surface area contributed by atoms with Crippen LogP contribution in [0.2, 0.25) is 0 Å². The number of likely N-dealkylation sites (tertiary alicyclic amines) is 1. The number of hydrogen-bond acceptors (Lipinski definition) is 3. The third-order valence-corrected chi connectivity index (χ3v) is 3.94. The van der Waals surface area contributed by atoms with Gasteiger partial charge in [0.15, 0.2) is 0 Å². The third kappa shape index (κ3) is 6.44. The summed E-state index contributed by atoms with van der Waals surface area (Å²) in [6.45, 7) is 1.94. The van der Waals surface area contributed by atoms with Crippen LogP contribution in [0.5, 0.6) is 5.75 Å². The number of pyridine rings is 1. The second kappa shape index (κ2) is 11.6. The second-order valence-electron chi connectivity index (χ2n) is 5.45. The summed E-state index contributed by atoms with van der Waals surface area (Å²) < 4.78 is 6.00. The zero-order valence-electron chi connectivity index (χ0n) is 13.2. The predicted molar refractivity (Wildman–Crippen MR) is 96.3 cm³/mol. The van der Waals surface area contributed by atoms with Crippen LogP contribution in [0, 0.1) is 12.3 Å². The van der Waals surface area contributed by atoms with E-state index in [-0.39, 0.29) is 24.8 Å². The molecule has 1 fully saturated rings. The summed E-state index contributed by atoms with van der Waals surface area (Å²) in [6.07, 6.45) is 13.5. The van der Waals surface area contributed by atoms with Crippen molar-refractivity contribution in [2.24, 2.45) is 0 Å². The SMILES string of the molecule is C#CCCCCc1ncccc1OC[C@@H]1CCCN1C.Cl.Cl. The molecule has 1 aliphatic heterocycles. The quantitative estimate of drug-likeness (QED) is 0.556. The lowest BCUT2D eigenvalue weighted by molar-refractivity contribution is 0.196. The van der Waals surface area contributed by atoms with E-state index in [1.54, 1.807) is 0 Å². The van der Waals surface area contributed by atoms with Crippen molar-refractivity contribution in [1.82, 2.24) is 9.88 Å². The monoisotopic (exact) mass is 344 g/mol. The number of rotatable bonds is 7. The summed E-state index contributed by atoms with van der Waals surface area (Å²) in [6, 6.07) is 4.52. The van der Waals surface area contributed by atoms with Gasteiger partial charge in [-0.3, -0.25) is 4.98 Å². The van der Waals surface area contributed by atoms with Gasteiger partial charge in [0.2, 0.25) is 0 Å². The number of nitrogens with zero attached hydrogens (tertiary/aromatic N) is 2. The Bertz CT molecular complexity index is 462. The van der Waals surface area contributed by atoms with Crippen LogP contribution in [0.1, 0.15) is 37.8 Å². The average molecular weight is 345 g/mol. The van der Waals surface area contributed by atoms with E-state index in [1.807, 2.05) is 18.3 Å². The maximum absolute atomic E-state index is 6.00. The van der Waals surface area contributed by atoms with Crippen LogP contribution in [0.3, 0.4) is 0 Å². The largest absolute Gasteiger partial charge is 0.490 e. The maximum Gasteiger partial charge on any atom is 0.140 e. The Labute approximate surface area is 146 Å². The fourth-order valence-electron chi connectivity index (χ4n) is 2.64. The zero-order valence-corrected chi connectivity index (χ0v) is 14.8. The number of aryl methyl sites for hydroxylation is 1. The van der Waals surface area contributed by atoms with Gasteiger partial charge in [-0.25, -0.2) is 0 Å². The number of aromatic nitrogens is 1. The average Bonchev–Trinajstić information content (AvgIpc) is 2.88. The molecule has 3 nitrogen and oxygen atoms in total. The van der Waals surface area contributed by atoms with Crippen LogP contribution in [0.15, 0.2) is 18.3 Å². The van der Waals surface area contributed by atoms with Gasteiger partial charge in [0.25, 0.3) is 0 Å². The molecule has 2 heterocycles. The summed E-state index contributed by atoms with van der Waals surface area (Å²) >= 11 is 0. The number of terminal acetylenes is 1. The summed E-state index contributed by atoms with van der Waals surface area (Å²) in [4.78, 5) is 6.83. The number of unbranched alkanes of at least 4 members (excludes halogenated alkanes) is 2. The van der Waals surface area contributed by atoms with E-state index in [4.69, 9.17) is 11.2 Å². The van der Waals surface area contributed by atoms with Crippen molar-refractivity contribution in [2.75, 3.05) is 20.2 Å². The first-order valence-electron chi connectivity index (χ1n) is 7.51. The minimum absolute atomic E-state index is 0. The molecule has 0 aliphatic carbocycles. The Balaban J connectivity index is 0.00000220. The van der Waals surface area contributed by atoms with Gasteiger partial charge in [0.1, 0.15) is 12.4 Å². The summed E-state index contributed by atoms with van der Waals surface area (Å²) in [5.74, 6) is 3.62. The fourth-order valence-corrected chi connectivity index (χ4v) is 2.64. The zero-order chi connectivity index (χ0) is 14.2. The molecule has 1 atom stereocenters. The van der Waals surface area contributed by atoms with Crippen molar-refractivity contribution in [1.29, 1.82) is 0 Å². The topological polar surface area (TPSA) is 25.4 Å². The Hall–Kier alpha value is -0.950. The molecule has 124 valence electrons. The van der Waals surface area contributed by atoms with Crippen molar-refractivity contribution >= 4 is 24.8 Å². The Morgan fingerprint density at radius 3 is 2.91 bits per heavy atom. The minimum atomic E-state index is 0. The van der Waals surface area contributed by atoms with E-state index >= 15 is 0 Å². The van der Waals surface area contributed by atoms with Crippen LogP contribution in [0.4, 0.5) is 0 Å². The molecule has 1 aromatic heterocycles. The van der Waals surface area contributed by atoms with E-state index in [0.29, 0.717) is 6.04 Å². The van der Waals surface area contributed by atoms with E-state index in [2.05, 4.69) is 22.9 Å². The van der Waals surface area contributed by atoms with Crippen LogP contribution in [0.25, 0.3) is 0 Å². The van der Waals surface area contributed by atoms with E-state index < -0.39 is 0 Å². The molecule has 0 spiro atoms. The first-order chi connectivity index (χ1) is 9.81. The number of hydrogen-bond donors (Lipinski definition) is 0. The molecule has 0 aromatic carbocycles. The highest BCUT2D eigenvalue weighted by molar-refractivity contribution is 5.85. The van der Waals surface area contributed by atoms with Crippen molar-refractivity contribution in [2.45, 2.75) is 44.6 Å². The van der Waals surface area contributed by atoms with Gasteiger partial charge < -0.3 is 9.64 Å². The highest BCUT2D eigenvalue weighted by atomic mass is 35.5. The molecule has 22 heavy (non-hydrogen) atoms. The highest BCUT2D eigenvalue weighted by Crippen LogP contribution is 2.21. The summed E-state index contributed by atoms with van der Waals surface area (Å²) in [5, 5.41) is 0. The molecule has 0 bridgehead atoms. The third-order valence-electron chi connectivity index (χ3n) is 3.94. The van der Waals surface area contributed by atoms with Gasteiger partial charge in [-0.15, -0.1) is 37.2 Å². The van der Waals surface area contributed by atoms with Crippen molar-refractivity contribution in [3.63, 3.8) is 0 Å². The molecule has 0 amide bonds. The molecule has 1 saturated heterocycles. The molecular formula is C17H26Cl2N2O. The lowest BCUT2D eigenvalue weighted by Gasteiger charge is -2.20. The first kappa shape index (κ1) is 21.0. The fraction of sp³-hybridized carbons (Fsp3) is 0.588. The highest BCUT2D eigenvalue weighted by Gasteiger charge is 2.21. The van der Waals surface area contributed by atoms with Crippen molar-refractivity contribution in [3.8, 4) is 18.1 Å². The molecule has 0 N–H and O–H groups in total. The van der Waals surface area contributed by atoms with Gasteiger partial charge in [0, 0.05) is 18.7 Å². The van der Waals surface area contributed by atoms with Gasteiger partial charge >= 0.3 is 0 Å². The number of likely N-dealkylation sites (N-methyl/N-ethyl adjacent to an activating group) is 1. The van der Waals surface area contributed by atoms with Crippen LogP contribution in [-0.4, -0.2) is 36.1 Å². The lowest BCUT2D eigenvalue weighted by atomic mass is 10.1. The van der Waals surface area contributed by atoms with Gasteiger partial charge in [-0.2, -0.15) is 0 Å². The predicted octanol–water partition coefficient (Wildman–Crippen LogP) is 3.74. The first-order valence-corrected chi connectivity index (χ1v) is 7.51. The smallest absolute Gasteiger partial charge is 0.140 e. The molecule has 0 radical (unpaired) electrons. The van der Waals surface area contributed by atoms with Crippen molar-refractivity contribution < 1.29 is 4.74 Å². The standard InChI is InChI=1S/C17H24N2O.2ClH/c1-3-4-5-6-10-16-17(11-7-12-18-16)20-14-15-9-8-13-19(15)2;;/h1,7,11-12,15H,4-6,8-10,13-14H2,2H3;2*1H/t15-;;/m0../s1. The molecule has 5 heteroatoms. The normalized spacial score (nSPS) is 17.2.